The molecule has 112 valence electrons. The lowest BCUT2D eigenvalue weighted by Gasteiger charge is -2.31. The average molecular weight is 455 g/mol. The van der Waals surface area contributed by atoms with Gasteiger partial charge in [0.25, 0.3) is 0 Å². The smallest absolute Gasteiger partial charge is 0.123 e. The Labute approximate surface area is 150 Å². The molecule has 0 bridgehead atoms. The first-order valence-electron chi connectivity index (χ1n) is 6.33. The Morgan fingerprint density at radius 1 is 0.952 bits per heavy atom. The van der Waals surface area contributed by atoms with Crippen molar-refractivity contribution < 1.29 is 4.39 Å². The molecule has 0 aromatic heterocycles. The fourth-order valence-corrected chi connectivity index (χ4v) is 4.75. The molecule has 0 radical (unpaired) electrons. The Kier molecular flexibility index (Phi) is 6.13. The summed E-state index contributed by atoms with van der Waals surface area (Å²) < 4.78 is 13.6. The van der Waals surface area contributed by atoms with Gasteiger partial charge in [-0.2, -0.15) is 0 Å². The molecule has 5 heteroatoms. The van der Waals surface area contributed by atoms with Crippen molar-refractivity contribution in [2.45, 2.75) is 11.8 Å². The maximum Gasteiger partial charge on any atom is 0.123 e. The monoisotopic (exact) mass is 452 g/mol. The number of benzene rings is 2. The van der Waals surface area contributed by atoms with Crippen molar-refractivity contribution in [3.8, 4) is 0 Å². The lowest BCUT2D eigenvalue weighted by Crippen LogP contribution is -2.33. The summed E-state index contributed by atoms with van der Waals surface area (Å²) in [6, 6.07) is 12.1. The van der Waals surface area contributed by atoms with Gasteiger partial charge >= 0.3 is 0 Å². The van der Waals surface area contributed by atoms with Crippen molar-refractivity contribution in [3.05, 3.63) is 69.5 Å². The van der Waals surface area contributed by atoms with Crippen molar-refractivity contribution in [2.24, 2.45) is 0 Å². The molecular formula is C16H13Br2Cl2F. The van der Waals surface area contributed by atoms with E-state index in [1.807, 2.05) is 24.3 Å². The fourth-order valence-electron chi connectivity index (χ4n) is 2.24. The van der Waals surface area contributed by atoms with Crippen LogP contribution in [0.3, 0.4) is 0 Å². The van der Waals surface area contributed by atoms with Crippen LogP contribution >= 0.6 is 55.1 Å². The minimum Gasteiger partial charge on any atom is -0.207 e. The van der Waals surface area contributed by atoms with Gasteiger partial charge in [0.1, 0.15) is 5.82 Å². The van der Waals surface area contributed by atoms with Gasteiger partial charge in [-0.1, -0.05) is 73.3 Å². The molecule has 2 aromatic rings. The molecule has 0 nitrogen and oxygen atoms in total. The molecule has 0 spiro atoms. The van der Waals surface area contributed by atoms with Crippen LogP contribution in [0.2, 0.25) is 10.0 Å². The van der Waals surface area contributed by atoms with Gasteiger partial charge in [-0.3, -0.25) is 0 Å². The third-order valence-electron chi connectivity index (χ3n) is 3.53. The predicted octanol–water partition coefficient (Wildman–Crippen LogP) is 6.40. The normalized spacial score (nSPS) is 11.7. The number of halogens is 5. The summed E-state index contributed by atoms with van der Waals surface area (Å²) in [6.45, 7) is 0. The SMILES string of the molecule is Fc1cccc(C(CBr)(CBr)Cc2c(Cl)cccc2Cl)c1. The molecule has 0 saturated carbocycles. The van der Waals surface area contributed by atoms with E-state index in [0.717, 1.165) is 11.1 Å². The van der Waals surface area contributed by atoms with Crippen LogP contribution < -0.4 is 0 Å². The van der Waals surface area contributed by atoms with E-state index < -0.39 is 0 Å². The van der Waals surface area contributed by atoms with Crippen LogP contribution in [0.4, 0.5) is 4.39 Å². The van der Waals surface area contributed by atoms with E-state index in [4.69, 9.17) is 23.2 Å². The number of hydrogen-bond acceptors (Lipinski definition) is 0. The van der Waals surface area contributed by atoms with Crippen LogP contribution in [0, 0.1) is 5.82 Å². The molecule has 0 N–H and O–H groups in total. The lowest BCUT2D eigenvalue weighted by molar-refractivity contribution is 0.541. The van der Waals surface area contributed by atoms with Crippen molar-refractivity contribution in [3.63, 3.8) is 0 Å². The summed E-state index contributed by atoms with van der Waals surface area (Å²) >= 11 is 19.7. The number of alkyl halides is 2. The van der Waals surface area contributed by atoms with Crippen molar-refractivity contribution in [1.82, 2.24) is 0 Å². The first-order valence-corrected chi connectivity index (χ1v) is 9.33. The topological polar surface area (TPSA) is 0 Å². The Balaban J connectivity index is 2.48. The van der Waals surface area contributed by atoms with Gasteiger partial charge in [0.05, 0.1) is 0 Å². The zero-order valence-electron chi connectivity index (χ0n) is 11.1. The maximum atomic E-state index is 13.6. The molecule has 0 amide bonds. The van der Waals surface area contributed by atoms with Gasteiger partial charge in [0, 0.05) is 26.1 Å². The lowest BCUT2D eigenvalue weighted by atomic mass is 9.79. The van der Waals surface area contributed by atoms with Crippen LogP contribution in [0.1, 0.15) is 11.1 Å². The van der Waals surface area contributed by atoms with Crippen molar-refractivity contribution in [2.75, 3.05) is 10.7 Å². The highest BCUT2D eigenvalue weighted by atomic mass is 79.9. The Morgan fingerprint density at radius 2 is 1.52 bits per heavy atom. The first-order chi connectivity index (χ1) is 10.0. The summed E-state index contributed by atoms with van der Waals surface area (Å²) in [4.78, 5) is 0. The van der Waals surface area contributed by atoms with Gasteiger partial charge < -0.3 is 0 Å². The van der Waals surface area contributed by atoms with Crippen LogP contribution in [0.25, 0.3) is 0 Å². The highest BCUT2D eigenvalue weighted by Gasteiger charge is 2.32. The number of rotatable bonds is 5. The second kappa shape index (κ2) is 7.45. The molecular weight excluding hydrogens is 442 g/mol. The third kappa shape index (κ3) is 3.82. The molecule has 0 aliphatic carbocycles. The summed E-state index contributed by atoms with van der Waals surface area (Å²) in [7, 11) is 0. The first kappa shape index (κ1) is 17.3. The second-order valence-electron chi connectivity index (χ2n) is 4.93. The summed E-state index contributed by atoms with van der Waals surface area (Å²) in [5, 5.41) is 2.59. The molecule has 0 aliphatic rings. The summed E-state index contributed by atoms with van der Waals surface area (Å²) in [5.41, 5.74) is 1.47. The Morgan fingerprint density at radius 3 is 2.05 bits per heavy atom. The summed E-state index contributed by atoms with van der Waals surface area (Å²) in [6.07, 6.45) is 0.617. The molecule has 21 heavy (non-hydrogen) atoms. The molecule has 0 unspecified atom stereocenters. The molecule has 0 fully saturated rings. The highest BCUT2D eigenvalue weighted by Crippen LogP contribution is 2.37. The highest BCUT2D eigenvalue weighted by molar-refractivity contribution is 9.09. The van der Waals surface area contributed by atoms with Gasteiger partial charge in [-0.25, -0.2) is 4.39 Å². The van der Waals surface area contributed by atoms with E-state index in [1.54, 1.807) is 12.1 Å². The van der Waals surface area contributed by atoms with E-state index in [9.17, 15) is 4.39 Å². The Hall–Kier alpha value is -0.0900. The summed E-state index contributed by atoms with van der Waals surface area (Å²) in [5.74, 6) is -0.246. The van der Waals surface area contributed by atoms with Crippen LogP contribution in [0.5, 0.6) is 0 Å². The molecule has 0 heterocycles. The third-order valence-corrected chi connectivity index (χ3v) is 6.38. The predicted molar refractivity (Wildman–Crippen MR) is 95.8 cm³/mol. The average Bonchev–Trinajstić information content (AvgIpc) is 2.48. The van der Waals surface area contributed by atoms with Gasteiger partial charge in [-0.05, 0) is 41.8 Å². The van der Waals surface area contributed by atoms with E-state index in [1.165, 1.54) is 6.07 Å². The quantitative estimate of drug-likeness (QED) is 0.458. The molecule has 0 aliphatic heterocycles. The molecule has 0 atom stereocenters. The van der Waals surface area contributed by atoms with Crippen LogP contribution in [-0.4, -0.2) is 10.7 Å². The fraction of sp³-hybridized carbons (Fsp3) is 0.250. The molecule has 2 rings (SSSR count). The second-order valence-corrected chi connectivity index (χ2v) is 6.87. The zero-order chi connectivity index (χ0) is 15.5. The van der Waals surface area contributed by atoms with Gasteiger partial charge in [-0.15, -0.1) is 0 Å². The molecule has 0 saturated heterocycles. The minimum atomic E-state index is -0.323. The van der Waals surface area contributed by atoms with Crippen LogP contribution in [0.15, 0.2) is 42.5 Å². The van der Waals surface area contributed by atoms with E-state index >= 15 is 0 Å². The van der Waals surface area contributed by atoms with Crippen molar-refractivity contribution in [1.29, 1.82) is 0 Å². The van der Waals surface area contributed by atoms with E-state index in [2.05, 4.69) is 31.9 Å². The standard InChI is InChI=1S/C16H13Br2Cl2F/c17-9-16(10-18,11-3-1-4-12(21)7-11)8-13-14(19)5-2-6-15(13)20/h1-7H,8-10H2. The van der Waals surface area contributed by atoms with Gasteiger partial charge in [0.15, 0.2) is 0 Å². The maximum absolute atomic E-state index is 13.6. The molecule has 2 aromatic carbocycles. The van der Waals surface area contributed by atoms with E-state index in [0.29, 0.717) is 27.1 Å². The zero-order valence-corrected chi connectivity index (χ0v) is 15.7. The van der Waals surface area contributed by atoms with Crippen molar-refractivity contribution >= 4 is 55.1 Å². The largest absolute Gasteiger partial charge is 0.207 e. The van der Waals surface area contributed by atoms with E-state index in [-0.39, 0.29) is 11.2 Å². The van der Waals surface area contributed by atoms with Gasteiger partial charge in [0.2, 0.25) is 0 Å². The van der Waals surface area contributed by atoms with Crippen LogP contribution in [-0.2, 0) is 11.8 Å². The number of hydrogen-bond donors (Lipinski definition) is 0. The Bertz CT molecular complexity index is 607. The minimum absolute atomic E-state index is 0.246.